The quantitative estimate of drug-likeness (QED) is 0.447. The molecule has 8 heteroatoms. The molecule has 1 amide bonds. The molecule has 7 nitrogen and oxygen atoms in total. The minimum Gasteiger partial charge on any atom is -0.493 e. The van der Waals surface area contributed by atoms with Crippen LogP contribution in [0.4, 0.5) is 4.39 Å². The van der Waals surface area contributed by atoms with Gasteiger partial charge in [0.05, 0.1) is 27.9 Å². The number of halogens is 1. The van der Waals surface area contributed by atoms with Crippen LogP contribution in [-0.4, -0.2) is 46.4 Å². The van der Waals surface area contributed by atoms with E-state index in [2.05, 4.69) is 5.32 Å². The fourth-order valence-electron chi connectivity index (χ4n) is 3.97. The molecule has 32 heavy (non-hydrogen) atoms. The molecule has 2 aromatic rings. The van der Waals surface area contributed by atoms with E-state index in [1.807, 2.05) is 0 Å². The molecule has 0 radical (unpaired) electrons. The summed E-state index contributed by atoms with van der Waals surface area (Å²) in [6, 6.07) is 9.67. The van der Waals surface area contributed by atoms with E-state index in [9.17, 15) is 14.0 Å². The number of ether oxygens (including phenoxy) is 4. The van der Waals surface area contributed by atoms with Crippen molar-refractivity contribution in [3.05, 3.63) is 53.3 Å². The summed E-state index contributed by atoms with van der Waals surface area (Å²) in [5.74, 6) is -0.393. The molecule has 3 rings (SSSR count). The van der Waals surface area contributed by atoms with Gasteiger partial charge in [0, 0.05) is 12.5 Å². The van der Waals surface area contributed by atoms with Gasteiger partial charge in [-0.15, -0.1) is 0 Å². The Hall–Kier alpha value is -3.29. The second-order valence-electron chi connectivity index (χ2n) is 7.54. The van der Waals surface area contributed by atoms with Crippen LogP contribution >= 0.6 is 0 Å². The number of nitrogens with one attached hydrogen (secondary N) is 1. The maximum Gasteiger partial charge on any atom is 0.322 e. The molecule has 0 saturated heterocycles. The van der Waals surface area contributed by atoms with Crippen molar-refractivity contribution in [3.8, 4) is 17.2 Å². The summed E-state index contributed by atoms with van der Waals surface area (Å²) in [7, 11) is 4.52. The molecule has 1 aliphatic carbocycles. The second-order valence-corrected chi connectivity index (χ2v) is 7.54. The third-order valence-electron chi connectivity index (χ3n) is 5.68. The third kappa shape index (κ3) is 4.49. The summed E-state index contributed by atoms with van der Waals surface area (Å²) < 4.78 is 34.8. The van der Waals surface area contributed by atoms with Crippen LogP contribution in [0.3, 0.4) is 0 Å². The van der Waals surface area contributed by atoms with Gasteiger partial charge >= 0.3 is 5.97 Å². The highest BCUT2D eigenvalue weighted by molar-refractivity contribution is 6.07. The van der Waals surface area contributed by atoms with E-state index in [0.717, 1.165) is 5.56 Å². The molecule has 2 aromatic carbocycles. The maximum atomic E-state index is 13.4. The second kappa shape index (κ2) is 9.89. The minimum absolute atomic E-state index is 0.166. The van der Waals surface area contributed by atoms with Crippen LogP contribution in [0, 0.1) is 11.2 Å². The SMILES string of the molecule is CCOC(=O)[C@@]1(C(=O)NCCc2cccc(F)c2)C[C@H]1c1cc(OC)c(OC)c(OC)c1. The van der Waals surface area contributed by atoms with Crippen LogP contribution in [0.2, 0.25) is 0 Å². The summed E-state index contributed by atoms with van der Waals surface area (Å²) >= 11 is 0. The number of methoxy groups -OCH3 is 3. The van der Waals surface area contributed by atoms with Crippen LogP contribution in [0.5, 0.6) is 17.2 Å². The topological polar surface area (TPSA) is 83.1 Å². The normalized spacial score (nSPS) is 19.1. The van der Waals surface area contributed by atoms with Crippen molar-refractivity contribution >= 4 is 11.9 Å². The van der Waals surface area contributed by atoms with Gasteiger partial charge in [-0.2, -0.15) is 0 Å². The molecular formula is C24H28FNO6. The summed E-state index contributed by atoms with van der Waals surface area (Å²) in [5, 5.41) is 2.82. The molecule has 1 aliphatic rings. The summed E-state index contributed by atoms with van der Waals surface area (Å²) in [4.78, 5) is 26.0. The Morgan fingerprint density at radius 2 is 1.78 bits per heavy atom. The van der Waals surface area contributed by atoms with Crippen molar-refractivity contribution in [1.29, 1.82) is 0 Å². The predicted octanol–water partition coefficient (Wildman–Crippen LogP) is 3.25. The number of carbonyl (C=O) groups excluding carboxylic acids is 2. The minimum atomic E-state index is -1.33. The zero-order chi connectivity index (χ0) is 23.3. The first-order valence-corrected chi connectivity index (χ1v) is 10.4. The van der Waals surface area contributed by atoms with Crippen LogP contribution < -0.4 is 19.5 Å². The first kappa shape index (κ1) is 23.4. The van der Waals surface area contributed by atoms with Gasteiger partial charge in [0.25, 0.3) is 0 Å². The van der Waals surface area contributed by atoms with Crippen LogP contribution in [0.1, 0.15) is 30.4 Å². The van der Waals surface area contributed by atoms with E-state index >= 15 is 0 Å². The van der Waals surface area contributed by atoms with Gasteiger partial charge in [0.15, 0.2) is 16.9 Å². The van der Waals surface area contributed by atoms with Crippen molar-refractivity contribution in [2.75, 3.05) is 34.5 Å². The van der Waals surface area contributed by atoms with E-state index in [1.54, 1.807) is 31.2 Å². The van der Waals surface area contributed by atoms with Crippen molar-refractivity contribution in [1.82, 2.24) is 5.32 Å². The first-order chi connectivity index (χ1) is 15.4. The molecule has 0 aromatic heterocycles. The first-order valence-electron chi connectivity index (χ1n) is 10.4. The largest absolute Gasteiger partial charge is 0.493 e. The van der Waals surface area contributed by atoms with Crippen LogP contribution in [0.25, 0.3) is 0 Å². The molecule has 1 N–H and O–H groups in total. The molecule has 0 aliphatic heterocycles. The van der Waals surface area contributed by atoms with E-state index < -0.39 is 23.2 Å². The van der Waals surface area contributed by atoms with Crippen molar-refractivity contribution < 1.29 is 32.9 Å². The van der Waals surface area contributed by atoms with E-state index in [4.69, 9.17) is 18.9 Å². The summed E-state index contributed by atoms with van der Waals surface area (Å²) in [5.41, 5.74) is 0.142. The number of rotatable bonds is 10. The molecule has 0 bridgehead atoms. The van der Waals surface area contributed by atoms with Gasteiger partial charge in [-0.3, -0.25) is 9.59 Å². The maximum absolute atomic E-state index is 13.4. The van der Waals surface area contributed by atoms with Crippen molar-refractivity contribution in [3.63, 3.8) is 0 Å². The Morgan fingerprint density at radius 1 is 1.09 bits per heavy atom. The molecular weight excluding hydrogens is 417 g/mol. The summed E-state index contributed by atoms with van der Waals surface area (Å²) in [6.45, 7) is 2.13. The van der Waals surface area contributed by atoms with E-state index in [1.165, 1.54) is 33.5 Å². The molecule has 0 spiro atoms. The highest BCUT2D eigenvalue weighted by Crippen LogP contribution is 2.61. The zero-order valence-electron chi connectivity index (χ0n) is 18.7. The lowest BCUT2D eigenvalue weighted by molar-refractivity contribution is -0.154. The molecule has 172 valence electrons. The fourth-order valence-corrected chi connectivity index (χ4v) is 3.97. The van der Waals surface area contributed by atoms with Gasteiger partial charge in [0.1, 0.15) is 5.82 Å². The van der Waals surface area contributed by atoms with Crippen LogP contribution in [0.15, 0.2) is 36.4 Å². The summed E-state index contributed by atoms with van der Waals surface area (Å²) in [6.07, 6.45) is 0.744. The van der Waals surface area contributed by atoms with E-state index in [0.29, 0.717) is 35.7 Å². The highest BCUT2D eigenvalue weighted by Gasteiger charge is 2.67. The standard InChI is InChI=1S/C24H28FNO6/c1-5-32-23(28)24(22(27)26-10-9-15-7-6-8-17(25)11-15)14-18(24)16-12-19(29-2)21(31-4)20(13-16)30-3/h6-8,11-13,18H,5,9-10,14H2,1-4H3,(H,26,27)/t18-,24-/m0/s1. The Labute approximate surface area is 186 Å². The Kier molecular flexibility index (Phi) is 7.22. The number of benzene rings is 2. The molecule has 0 heterocycles. The van der Waals surface area contributed by atoms with Gasteiger partial charge in [-0.1, -0.05) is 12.1 Å². The predicted molar refractivity (Wildman–Crippen MR) is 116 cm³/mol. The van der Waals surface area contributed by atoms with Crippen molar-refractivity contribution in [2.24, 2.45) is 5.41 Å². The lowest BCUT2D eigenvalue weighted by atomic mass is 9.97. The zero-order valence-corrected chi connectivity index (χ0v) is 18.7. The molecule has 0 unspecified atom stereocenters. The highest BCUT2D eigenvalue weighted by atomic mass is 19.1. The number of carbonyl (C=O) groups is 2. The monoisotopic (exact) mass is 445 g/mol. The Bertz CT molecular complexity index is 969. The third-order valence-corrected chi connectivity index (χ3v) is 5.68. The number of amides is 1. The van der Waals surface area contributed by atoms with Gasteiger partial charge in [0.2, 0.25) is 11.7 Å². The Morgan fingerprint density at radius 3 is 2.34 bits per heavy atom. The van der Waals surface area contributed by atoms with Crippen LogP contribution in [-0.2, 0) is 20.7 Å². The lowest BCUT2D eigenvalue weighted by Crippen LogP contribution is -2.40. The van der Waals surface area contributed by atoms with Gasteiger partial charge in [-0.05, 0) is 55.2 Å². The molecule has 2 atom stereocenters. The smallest absolute Gasteiger partial charge is 0.322 e. The number of hydrogen-bond acceptors (Lipinski definition) is 6. The molecule has 1 saturated carbocycles. The average molecular weight is 445 g/mol. The Balaban J connectivity index is 1.82. The molecule has 1 fully saturated rings. The fraction of sp³-hybridized carbons (Fsp3) is 0.417. The van der Waals surface area contributed by atoms with Gasteiger partial charge in [-0.25, -0.2) is 4.39 Å². The number of esters is 1. The van der Waals surface area contributed by atoms with Crippen molar-refractivity contribution in [2.45, 2.75) is 25.7 Å². The lowest BCUT2D eigenvalue weighted by Gasteiger charge is -2.18. The van der Waals surface area contributed by atoms with Gasteiger partial charge < -0.3 is 24.3 Å². The number of hydrogen-bond donors (Lipinski definition) is 1. The van der Waals surface area contributed by atoms with E-state index in [-0.39, 0.29) is 19.0 Å². The average Bonchev–Trinajstić information content (AvgIpc) is 3.55.